The van der Waals surface area contributed by atoms with Crippen LogP contribution in [0.15, 0.2) is 16.9 Å². The van der Waals surface area contributed by atoms with Crippen LogP contribution in [0.5, 0.6) is 0 Å². The first-order chi connectivity index (χ1) is 13.0. The molecule has 3 unspecified atom stereocenters. The molecule has 0 aromatic carbocycles. The van der Waals surface area contributed by atoms with Gasteiger partial charge in [-0.15, -0.1) is 16.7 Å². The van der Waals surface area contributed by atoms with Crippen LogP contribution in [0.1, 0.15) is 6.92 Å². The van der Waals surface area contributed by atoms with Gasteiger partial charge in [0.25, 0.3) is 11.8 Å². The maximum atomic E-state index is 12.5. The zero-order chi connectivity index (χ0) is 21.2. The summed E-state index contributed by atoms with van der Waals surface area (Å²) in [5, 5.41) is 3.78. The number of rotatable bonds is 7. The molecule has 2 aliphatic heterocycles. The van der Waals surface area contributed by atoms with E-state index in [0.29, 0.717) is 0 Å². The van der Waals surface area contributed by atoms with Gasteiger partial charge >= 0.3 is 5.97 Å². The second-order valence-electron chi connectivity index (χ2n) is 5.78. The van der Waals surface area contributed by atoms with Crippen LogP contribution in [0.25, 0.3) is 0 Å². The van der Waals surface area contributed by atoms with Gasteiger partial charge in [-0.1, -0.05) is 50.7 Å². The Morgan fingerprint density at radius 2 is 2.07 bits per heavy atom. The van der Waals surface area contributed by atoms with Crippen molar-refractivity contribution in [3.63, 3.8) is 0 Å². The number of ether oxygens (including phenoxy) is 1. The fourth-order valence-corrected chi connectivity index (χ4v) is 4.30. The van der Waals surface area contributed by atoms with E-state index in [0.717, 1.165) is 4.90 Å². The minimum absolute atomic E-state index is 0.0393. The minimum atomic E-state index is -1.81. The van der Waals surface area contributed by atoms with Gasteiger partial charge in [0.1, 0.15) is 23.7 Å². The van der Waals surface area contributed by atoms with Crippen molar-refractivity contribution in [2.75, 3.05) is 11.9 Å². The number of carbonyl (C=O) groups is 4. The number of ketones is 1. The predicted molar refractivity (Wildman–Crippen MR) is 107 cm³/mol. The Balaban J connectivity index is 2.10. The van der Waals surface area contributed by atoms with Crippen LogP contribution in [0.2, 0.25) is 0 Å². The molecular weight excluding hydrogens is 524 g/mol. The number of halogens is 4. The lowest BCUT2D eigenvalue weighted by molar-refractivity contribution is -0.153. The summed E-state index contributed by atoms with van der Waals surface area (Å²) in [6.45, 7) is 1.26. The Hall–Kier alpha value is -0.880. The summed E-state index contributed by atoms with van der Waals surface area (Å²) in [4.78, 5) is 60.4. The molecule has 0 saturated carbocycles. The Kier molecular flexibility index (Phi) is 7.76. The average molecular weight is 538 g/mol. The molecular formula is C14H13BrCl3N3O6S. The molecule has 14 heteroatoms. The van der Waals surface area contributed by atoms with Crippen LogP contribution in [-0.4, -0.2) is 66.9 Å². The second-order valence-corrected chi connectivity index (χ2v) is 10.4. The fourth-order valence-electron chi connectivity index (χ4n) is 2.50. The predicted octanol–water partition coefficient (Wildman–Crippen LogP) is 1.67. The van der Waals surface area contributed by atoms with Gasteiger partial charge in [0.05, 0.1) is 5.33 Å². The number of nitrogens with zero attached hydrogens (tertiary/aromatic N) is 2. The molecule has 1 fully saturated rings. The van der Waals surface area contributed by atoms with Gasteiger partial charge < -0.3 is 10.1 Å². The van der Waals surface area contributed by atoms with Crippen molar-refractivity contribution >= 4 is 86.1 Å². The summed E-state index contributed by atoms with van der Waals surface area (Å²) in [5.41, 5.74) is -0.0393. The van der Waals surface area contributed by atoms with E-state index in [-0.39, 0.29) is 16.3 Å². The van der Waals surface area contributed by atoms with Crippen LogP contribution in [0.3, 0.4) is 0 Å². The molecule has 9 nitrogen and oxygen atoms in total. The number of alkyl halides is 4. The van der Waals surface area contributed by atoms with Crippen LogP contribution in [-0.2, 0) is 23.9 Å². The molecule has 154 valence electrons. The van der Waals surface area contributed by atoms with E-state index in [1.807, 2.05) is 0 Å². The number of hydrogen-bond donors (Lipinski definition) is 1. The highest BCUT2D eigenvalue weighted by atomic mass is 79.9. The monoisotopic (exact) mass is 535 g/mol. The van der Waals surface area contributed by atoms with E-state index in [1.54, 1.807) is 6.92 Å². The van der Waals surface area contributed by atoms with Gasteiger partial charge in [0, 0.05) is 5.25 Å². The van der Waals surface area contributed by atoms with Crippen molar-refractivity contribution in [3.05, 3.63) is 16.7 Å². The molecule has 0 aromatic rings. The number of carbonyl (C=O) groups excluding carboxylic acids is 4. The van der Waals surface area contributed by atoms with E-state index >= 15 is 0 Å². The Morgan fingerprint density at radius 3 is 2.61 bits per heavy atom. The van der Waals surface area contributed by atoms with Crippen molar-refractivity contribution in [2.45, 2.75) is 33.4 Å². The number of thioether (sulfide) groups is 1. The van der Waals surface area contributed by atoms with Crippen molar-refractivity contribution in [3.8, 4) is 0 Å². The van der Waals surface area contributed by atoms with Crippen LogP contribution in [0.4, 0.5) is 0 Å². The van der Waals surface area contributed by atoms with E-state index in [1.165, 1.54) is 17.8 Å². The highest BCUT2D eigenvalue weighted by Gasteiger charge is 2.54. The van der Waals surface area contributed by atoms with E-state index in [4.69, 9.17) is 39.5 Å². The van der Waals surface area contributed by atoms with Gasteiger partial charge in [-0.2, -0.15) is 0 Å². The number of hydrogen-bond acceptors (Lipinski definition) is 8. The molecule has 0 spiro atoms. The summed E-state index contributed by atoms with van der Waals surface area (Å²) in [7, 11) is 0. The van der Waals surface area contributed by atoms with Crippen LogP contribution in [0, 0.1) is 4.91 Å². The Labute approximate surface area is 186 Å². The maximum Gasteiger partial charge on any atom is 0.354 e. The molecule has 2 rings (SSSR count). The van der Waals surface area contributed by atoms with Crippen LogP contribution >= 0.6 is 62.5 Å². The first-order valence-corrected chi connectivity index (χ1v) is 10.9. The van der Waals surface area contributed by atoms with Gasteiger partial charge in [-0.3, -0.25) is 19.3 Å². The number of esters is 1. The van der Waals surface area contributed by atoms with Gasteiger partial charge in [-0.25, -0.2) is 4.79 Å². The lowest BCUT2D eigenvalue weighted by atomic mass is 10.0. The summed E-state index contributed by atoms with van der Waals surface area (Å²) >= 11 is 20.8. The number of amides is 2. The average Bonchev–Trinajstić information content (AvgIpc) is 2.63. The standard InChI is InChI=1S/C14H13BrCl3N3O6S/c1-5-2-6(13(25)27-4-14(16,17)18)21-11(24)9(12(21)28-5)19-10(23)8(20-26)7(22)3-15/h2,5,8-9,12H,3-4H2,1H3,(H,19,23)/t5?,8?,9?,12-/m0/s1. The van der Waals surface area contributed by atoms with Gasteiger partial charge in [0.15, 0.2) is 5.78 Å². The third-order valence-corrected chi connectivity index (χ3v) is 5.92. The van der Waals surface area contributed by atoms with E-state index < -0.39 is 51.4 Å². The number of β-lactam (4-membered cyclic amide) rings is 1. The summed E-state index contributed by atoms with van der Waals surface area (Å²) in [6, 6.07) is -2.80. The van der Waals surface area contributed by atoms with Crippen molar-refractivity contribution in [1.82, 2.24) is 10.2 Å². The zero-order valence-electron chi connectivity index (χ0n) is 14.1. The molecule has 28 heavy (non-hydrogen) atoms. The molecule has 1 saturated heterocycles. The number of nitrogens with one attached hydrogen (secondary N) is 1. The van der Waals surface area contributed by atoms with Crippen molar-refractivity contribution < 1.29 is 23.9 Å². The highest BCUT2D eigenvalue weighted by molar-refractivity contribution is 9.09. The highest BCUT2D eigenvalue weighted by Crippen LogP contribution is 2.41. The number of Topliss-reactive ketones (excluding diaryl/α,β-unsaturated/α-hetero) is 1. The largest absolute Gasteiger partial charge is 0.456 e. The summed E-state index contributed by atoms with van der Waals surface area (Å²) < 4.78 is 3.11. The quantitative estimate of drug-likeness (QED) is 0.172. The molecule has 0 aliphatic carbocycles. The fraction of sp³-hybridized carbons (Fsp3) is 0.571. The van der Waals surface area contributed by atoms with E-state index in [2.05, 4.69) is 26.4 Å². The van der Waals surface area contributed by atoms with E-state index in [9.17, 15) is 24.1 Å². The third-order valence-electron chi connectivity index (χ3n) is 3.71. The molecule has 4 atom stereocenters. The number of nitroso groups, excluding NO2 is 1. The van der Waals surface area contributed by atoms with Crippen molar-refractivity contribution in [1.29, 1.82) is 0 Å². The van der Waals surface area contributed by atoms with Crippen molar-refractivity contribution in [2.24, 2.45) is 5.18 Å². The first-order valence-electron chi connectivity index (χ1n) is 7.66. The molecule has 0 aromatic heterocycles. The third kappa shape index (κ3) is 5.18. The molecule has 2 amide bonds. The molecule has 1 N–H and O–H groups in total. The lowest BCUT2D eigenvalue weighted by Crippen LogP contribution is -2.71. The molecule has 0 bridgehead atoms. The smallest absolute Gasteiger partial charge is 0.354 e. The first kappa shape index (κ1) is 23.4. The molecule has 2 aliphatic rings. The minimum Gasteiger partial charge on any atom is -0.456 e. The SMILES string of the molecule is CC1C=C(C(=O)OCC(Cl)(Cl)Cl)N2C(=O)C(NC(=O)C(N=O)C(=O)CBr)[C@@H]2S1. The zero-order valence-corrected chi connectivity index (χ0v) is 18.7. The Bertz CT molecular complexity index is 746. The molecule has 0 radical (unpaired) electrons. The van der Waals surface area contributed by atoms with Gasteiger partial charge in [-0.05, 0) is 18.2 Å². The van der Waals surface area contributed by atoms with Gasteiger partial charge in [0.2, 0.25) is 9.83 Å². The summed E-state index contributed by atoms with van der Waals surface area (Å²) in [5.74, 6) is -3.19. The lowest BCUT2D eigenvalue weighted by Gasteiger charge is -2.49. The maximum absolute atomic E-state index is 12.5. The second kappa shape index (κ2) is 9.29. The topological polar surface area (TPSA) is 122 Å². The number of fused-ring (bicyclic) bond motifs is 1. The molecule has 2 heterocycles. The summed E-state index contributed by atoms with van der Waals surface area (Å²) in [6.07, 6.45) is 1.52. The van der Waals surface area contributed by atoms with Crippen LogP contribution < -0.4 is 5.32 Å². The Morgan fingerprint density at radius 1 is 1.43 bits per heavy atom. The normalized spacial score (nSPS) is 25.0.